The summed E-state index contributed by atoms with van der Waals surface area (Å²) in [6, 6.07) is 13.6. The second-order valence-corrected chi connectivity index (χ2v) is 7.55. The highest BCUT2D eigenvalue weighted by molar-refractivity contribution is 6.28. The summed E-state index contributed by atoms with van der Waals surface area (Å²) in [5.74, 6) is 0.148. The van der Waals surface area contributed by atoms with Crippen molar-refractivity contribution >= 4 is 28.7 Å². The first kappa shape index (κ1) is 19.2. The van der Waals surface area contributed by atoms with Crippen molar-refractivity contribution in [2.45, 2.75) is 18.9 Å². The number of amidine groups is 1. The minimum absolute atomic E-state index is 0.264. The predicted octanol–water partition coefficient (Wildman–Crippen LogP) is 4.04. The number of fused-ring (bicyclic) bond motifs is 2. The summed E-state index contributed by atoms with van der Waals surface area (Å²) in [7, 11) is 0. The Morgan fingerprint density at radius 3 is 2.69 bits per heavy atom. The number of hydrogen-bond acceptors (Lipinski definition) is 5. The Hall–Kier alpha value is -3.18. The van der Waals surface area contributed by atoms with Crippen LogP contribution in [0.15, 0.2) is 72.8 Å². The Bertz CT molecular complexity index is 1020. The van der Waals surface area contributed by atoms with E-state index in [1.165, 1.54) is 0 Å². The SMILES string of the molecule is C=CCN(CC=C)c1cccc(N2CC[C@]3(O)C(=O)c4cc(C)ccc4N=C23)c1. The van der Waals surface area contributed by atoms with E-state index >= 15 is 0 Å². The largest absolute Gasteiger partial charge is 0.374 e. The van der Waals surface area contributed by atoms with Crippen molar-refractivity contribution < 1.29 is 9.90 Å². The van der Waals surface area contributed by atoms with Gasteiger partial charge < -0.3 is 14.9 Å². The Balaban J connectivity index is 1.75. The van der Waals surface area contributed by atoms with Crippen LogP contribution in [0.2, 0.25) is 0 Å². The molecule has 0 spiro atoms. The first-order valence-corrected chi connectivity index (χ1v) is 9.79. The normalized spacial score (nSPS) is 20.0. The maximum Gasteiger partial charge on any atom is 0.204 e. The van der Waals surface area contributed by atoms with Crippen molar-refractivity contribution in [3.05, 3.63) is 78.9 Å². The lowest BCUT2D eigenvalue weighted by atomic mass is 9.87. The fourth-order valence-corrected chi connectivity index (χ4v) is 4.05. The van der Waals surface area contributed by atoms with Gasteiger partial charge in [-0.05, 0) is 37.3 Å². The summed E-state index contributed by atoms with van der Waals surface area (Å²) in [5.41, 5.74) is 2.44. The number of Topliss-reactive ketones (excluding diaryl/α,β-unsaturated/α-hetero) is 1. The van der Waals surface area contributed by atoms with Crippen LogP contribution in [0.1, 0.15) is 22.3 Å². The molecular formula is C24H25N3O2. The molecule has 2 aliphatic rings. The van der Waals surface area contributed by atoms with Crippen LogP contribution in [0.3, 0.4) is 0 Å². The molecule has 4 rings (SSSR count). The monoisotopic (exact) mass is 387 g/mol. The molecule has 0 aliphatic carbocycles. The number of rotatable bonds is 6. The predicted molar refractivity (Wildman–Crippen MR) is 119 cm³/mol. The summed E-state index contributed by atoms with van der Waals surface area (Å²) >= 11 is 0. The maximum atomic E-state index is 13.1. The third-order valence-electron chi connectivity index (χ3n) is 5.53. The smallest absolute Gasteiger partial charge is 0.204 e. The number of carbonyl (C=O) groups excluding carboxylic acids is 1. The average molecular weight is 387 g/mol. The number of aliphatic imine (C=N–C) groups is 1. The van der Waals surface area contributed by atoms with Crippen molar-refractivity contribution in [3.63, 3.8) is 0 Å². The van der Waals surface area contributed by atoms with Gasteiger partial charge in [0.25, 0.3) is 0 Å². The van der Waals surface area contributed by atoms with Crippen LogP contribution in [-0.2, 0) is 0 Å². The van der Waals surface area contributed by atoms with Crippen molar-refractivity contribution in [1.82, 2.24) is 0 Å². The van der Waals surface area contributed by atoms with E-state index in [0.717, 1.165) is 16.9 Å². The van der Waals surface area contributed by atoms with Gasteiger partial charge in [-0.25, -0.2) is 4.99 Å². The lowest BCUT2D eigenvalue weighted by molar-refractivity contribution is 0.0602. The molecule has 2 aliphatic heterocycles. The summed E-state index contributed by atoms with van der Waals surface area (Å²) in [6.45, 7) is 11.5. The number of nitrogens with zero attached hydrogens (tertiary/aromatic N) is 3. The zero-order valence-electron chi connectivity index (χ0n) is 16.6. The van der Waals surface area contributed by atoms with E-state index < -0.39 is 5.60 Å². The average Bonchev–Trinajstić information content (AvgIpc) is 3.06. The van der Waals surface area contributed by atoms with Crippen molar-refractivity contribution in [2.75, 3.05) is 29.4 Å². The summed E-state index contributed by atoms with van der Waals surface area (Å²) in [5, 5.41) is 11.2. The fraction of sp³-hybridized carbons (Fsp3) is 0.250. The zero-order chi connectivity index (χ0) is 20.6. The molecule has 5 heteroatoms. The van der Waals surface area contributed by atoms with Gasteiger partial charge in [-0.3, -0.25) is 4.79 Å². The lowest BCUT2D eigenvalue weighted by Gasteiger charge is -2.30. The van der Waals surface area contributed by atoms with Gasteiger partial charge in [-0.2, -0.15) is 0 Å². The first-order valence-electron chi connectivity index (χ1n) is 9.79. The molecule has 0 saturated carbocycles. The van der Waals surface area contributed by atoms with E-state index in [1.807, 2.05) is 60.4 Å². The summed E-state index contributed by atoms with van der Waals surface area (Å²) < 4.78 is 0. The second kappa shape index (κ2) is 7.33. The molecule has 0 radical (unpaired) electrons. The molecule has 148 valence electrons. The standard InChI is InChI=1S/C24H25N3O2/c1-4-12-26(13-5-2)18-7-6-8-19(16-18)27-14-11-24(29)22(28)20-15-17(3)9-10-21(20)25-23(24)27/h4-10,15-16,29H,1-2,11-14H2,3H3/t24-/m0/s1. The number of aryl methyl sites for hydroxylation is 1. The van der Waals surface area contributed by atoms with Crippen LogP contribution >= 0.6 is 0 Å². The fourth-order valence-electron chi connectivity index (χ4n) is 4.05. The summed E-state index contributed by atoms with van der Waals surface area (Å²) in [6.07, 6.45) is 4.03. The molecule has 2 aromatic carbocycles. The van der Waals surface area contributed by atoms with Crippen LogP contribution in [0.5, 0.6) is 0 Å². The highest BCUT2D eigenvalue weighted by atomic mass is 16.3. The first-order chi connectivity index (χ1) is 14.0. The number of aliphatic hydroxyl groups is 1. The van der Waals surface area contributed by atoms with Crippen molar-refractivity contribution in [1.29, 1.82) is 0 Å². The molecule has 1 fully saturated rings. The highest BCUT2D eigenvalue weighted by Gasteiger charge is 2.52. The summed E-state index contributed by atoms with van der Waals surface area (Å²) in [4.78, 5) is 21.9. The van der Waals surface area contributed by atoms with Crippen LogP contribution in [-0.4, -0.2) is 42.0 Å². The van der Waals surface area contributed by atoms with Gasteiger partial charge in [-0.15, -0.1) is 13.2 Å². The molecule has 0 unspecified atom stereocenters. The minimum Gasteiger partial charge on any atom is -0.374 e. The van der Waals surface area contributed by atoms with Gasteiger partial charge in [-0.1, -0.05) is 29.8 Å². The van der Waals surface area contributed by atoms with E-state index in [0.29, 0.717) is 43.1 Å². The van der Waals surface area contributed by atoms with E-state index in [2.05, 4.69) is 24.1 Å². The lowest BCUT2D eigenvalue weighted by Crippen LogP contribution is -2.48. The van der Waals surface area contributed by atoms with Gasteiger partial charge in [0.1, 0.15) is 5.84 Å². The van der Waals surface area contributed by atoms with Crippen molar-refractivity contribution in [3.8, 4) is 0 Å². The molecule has 1 atom stereocenters. The van der Waals surface area contributed by atoms with Crippen LogP contribution in [0.25, 0.3) is 0 Å². The van der Waals surface area contributed by atoms with Gasteiger partial charge in [0.05, 0.1) is 5.69 Å². The van der Waals surface area contributed by atoms with Crippen LogP contribution < -0.4 is 9.80 Å². The van der Waals surface area contributed by atoms with E-state index in [9.17, 15) is 9.90 Å². The molecule has 5 nitrogen and oxygen atoms in total. The quantitative estimate of drug-likeness (QED) is 0.760. The number of anilines is 2. The molecule has 29 heavy (non-hydrogen) atoms. The van der Waals surface area contributed by atoms with E-state index in [1.54, 1.807) is 0 Å². The zero-order valence-corrected chi connectivity index (χ0v) is 16.6. The maximum absolute atomic E-state index is 13.1. The minimum atomic E-state index is -1.57. The molecule has 2 heterocycles. The van der Waals surface area contributed by atoms with E-state index in [4.69, 9.17) is 4.99 Å². The van der Waals surface area contributed by atoms with Gasteiger partial charge in [0, 0.05) is 43.0 Å². The van der Waals surface area contributed by atoms with Gasteiger partial charge in [0.2, 0.25) is 5.78 Å². The molecule has 1 N–H and O–H groups in total. The number of hydrogen-bond donors (Lipinski definition) is 1. The highest BCUT2D eigenvalue weighted by Crippen LogP contribution is 2.40. The van der Waals surface area contributed by atoms with E-state index in [-0.39, 0.29) is 5.78 Å². The third-order valence-corrected chi connectivity index (χ3v) is 5.53. The Labute approximate surface area is 171 Å². The molecule has 2 aromatic rings. The molecule has 0 amide bonds. The molecule has 1 saturated heterocycles. The third kappa shape index (κ3) is 3.17. The number of benzene rings is 2. The van der Waals surface area contributed by atoms with Crippen LogP contribution in [0, 0.1) is 6.92 Å². The molecule has 0 bridgehead atoms. The Morgan fingerprint density at radius 2 is 1.97 bits per heavy atom. The Kier molecular flexibility index (Phi) is 4.84. The van der Waals surface area contributed by atoms with Crippen molar-refractivity contribution in [2.24, 2.45) is 4.99 Å². The molecular weight excluding hydrogens is 362 g/mol. The van der Waals surface area contributed by atoms with Gasteiger partial charge >= 0.3 is 0 Å². The Morgan fingerprint density at radius 1 is 1.21 bits per heavy atom. The van der Waals surface area contributed by atoms with Crippen LogP contribution in [0.4, 0.5) is 17.1 Å². The van der Waals surface area contributed by atoms with Gasteiger partial charge in [0.15, 0.2) is 5.60 Å². The number of ketones is 1. The number of carbonyl (C=O) groups is 1. The molecule has 0 aromatic heterocycles. The topological polar surface area (TPSA) is 56.1 Å². The second-order valence-electron chi connectivity index (χ2n) is 7.55.